The number of hydrogen-bond donors (Lipinski definition) is 1. The average molecular weight is 234 g/mol. The van der Waals surface area contributed by atoms with Gasteiger partial charge in [0.1, 0.15) is 0 Å². The van der Waals surface area contributed by atoms with Gasteiger partial charge in [-0.3, -0.25) is 0 Å². The van der Waals surface area contributed by atoms with Gasteiger partial charge in [-0.05, 0) is 19.9 Å². The second-order valence-electron chi connectivity index (χ2n) is 4.15. The topological polar surface area (TPSA) is 58.6 Å². The zero-order chi connectivity index (χ0) is 10.9. The number of sulfonamides is 1. The largest absolute Gasteiger partial charge is 0.374 e. The summed E-state index contributed by atoms with van der Waals surface area (Å²) in [6.07, 6.45) is 1.66. The molecule has 1 heterocycles. The van der Waals surface area contributed by atoms with E-state index in [1.54, 1.807) is 4.31 Å². The van der Waals surface area contributed by atoms with E-state index in [-0.39, 0.29) is 11.4 Å². The molecule has 0 spiro atoms. The van der Waals surface area contributed by atoms with Crippen LogP contribution >= 0.6 is 0 Å². The van der Waals surface area contributed by atoms with Crippen molar-refractivity contribution in [1.82, 2.24) is 9.62 Å². The molecule has 15 heavy (non-hydrogen) atoms. The first-order valence-corrected chi connectivity index (χ1v) is 6.90. The highest BCUT2D eigenvalue weighted by molar-refractivity contribution is 7.90. The maximum atomic E-state index is 11.9. The maximum absolute atomic E-state index is 11.9. The summed E-state index contributed by atoms with van der Waals surface area (Å²) < 4.78 is 31.0. The van der Waals surface area contributed by atoms with Crippen LogP contribution in [0.2, 0.25) is 0 Å². The molecule has 1 unspecified atom stereocenters. The highest BCUT2D eigenvalue weighted by Crippen LogP contribution is 2.31. The lowest BCUT2D eigenvalue weighted by molar-refractivity contribution is 0.000779. The van der Waals surface area contributed by atoms with E-state index in [9.17, 15) is 8.42 Å². The molecule has 0 aromatic rings. The molecule has 1 N–H and O–H groups in total. The fourth-order valence-electron chi connectivity index (χ4n) is 1.85. The molecule has 1 atom stereocenters. The van der Waals surface area contributed by atoms with E-state index < -0.39 is 10.0 Å². The van der Waals surface area contributed by atoms with Crippen LogP contribution in [-0.4, -0.2) is 57.4 Å². The fourth-order valence-corrected chi connectivity index (χ4v) is 3.71. The number of nitrogens with zero attached hydrogens (tertiary/aromatic N) is 1. The highest BCUT2D eigenvalue weighted by Gasteiger charge is 2.41. The minimum atomic E-state index is -3.01. The van der Waals surface area contributed by atoms with Crippen LogP contribution in [0, 0.1) is 0 Å². The summed E-state index contributed by atoms with van der Waals surface area (Å²) in [5.74, 6) is 0. The predicted molar refractivity (Wildman–Crippen MR) is 57.2 cm³/mol. The summed E-state index contributed by atoms with van der Waals surface area (Å²) >= 11 is 0. The summed E-state index contributed by atoms with van der Waals surface area (Å²) in [5.41, 5.74) is 0. The lowest BCUT2D eigenvalue weighted by Crippen LogP contribution is -2.49. The van der Waals surface area contributed by atoms with E-state index in [1.165, 1.54) is 0 Å². The number of rotatable bonds is 4. The smallest absolute Gasteiger partial charge is 0.217 e. The van der Waals surface area contributed by atoms with Crippen molar-refractivity contribution in [2.45, 2.75) is 24.2 Å². The molecule has 0 radical (unpaired) electrons. The van der Waals surface area contributed by atoms with Gasteiger partial charge in [-0.2, -0.15) is 4.31 Å². The Morgan fingerprint density at radius 2 is 2.20 bits per heavy atom. The van der Waals surface area contributed by atoms with Crippen molar-refractivity contribution in [3.8, 4) is 0 Å². The van der Waals surface area contributed by atoms with Gasteiger partial charge in [0.15, 0.2) is 0 Å². The SMILES string of the molecule is CNCC1CN(S(=O)(=O)C2CC2)CCO1. The van der Waals surface area contributed by atoms with E-state index in [4.69, 9.17) is 4.74 Å². The molecule has 1 saturated heterocycles. The number of ether oxygens (including phenoxy) is 1. The first-order valence-electron chi connectivity index (χ1n) is 5.39. The van der Waals surface area contributed by atoms with Crippen LogP contribution in [0.15, 0.2) is 0 Å². The first-order chi connectivity index (χ1) is 7.14. The van der Waals surface area contributed by atoms with E-state index in [0.29, 0.717) is 26.2 Å². The summed E-state index contributed by atoms with van der Waals surface area (Å²) in [6, 6.07) is 0. The van der Waals surface area contributed by atoms with Gasteiger partial charge in [0.25, 0.3) is 0 Å². The van der Waals surface area contributed by atoms with E-state index in [1.807, 2.05) is 7.05 Å². The molecule has 2 aliphatic rings. The van der Waals surface area contributed by atoms with Crippen LogP contribution in [0.4, 0.5) is 0 Å². The Morgan fingerprint density at radius 1 is 1.47 bits per heavy atom. The fraction of sp³-hybridized carbons (Fsp3) is 1.00. The molecule has 2 rings (SSSR count). The molecule has 88 valence electrons. The monoisotopic (exact) mass is 234 g/mol. The quantitative estimate of drug-likeness (QED) is 0.705. The Bertz CT molecular complexity index is 311. The predicted octanol–water partition coefficient (Wildman–Crippen LogP) is -0.601. The molecule has 0 aromatic heterocycles. The third kappa shape index (κ3) is 2.50. The molecule has 1 aliphatic heterocycles. The molecule has 0 aromatic carbocycles. The summed E-state index contributed by atoms with van der Waals surface area (Å²) in [4.78, 5) is 0. The molecule has 1 aliphatic carbocycles. The lowest BCUT2D eigenvalue weighted by Gasteiger charge is -2.32. The lowest BCUT2D eigenvalue weighted by atomic mass is 10.3. The molecule has 2 fully saturated rings. The summed E-state index contributed by atoms with van der Waals surface area (Å²) in [7, 11) is -1.17. The first kappa shape index (κ1) is 11.3. The second-order valence-corrected chi connectivity index (χ2v) is 6.37. The molecule has 6 heteroatoms. The molecule has 0 bridgehead atoms. The standard InChI is InChI=1S/C9H18N2O3S/c1-10-6-8-7-11(4-5-14-8)15(12,13)9-2-3-9/h8-10H,2-7H2,1H3. The number of nitrogens with one attached hydrogen (secondary N) is 1. The van der Waals surface area contributed by atoms with Gasteiger partial charge >= 0.3 is 0 Å². The average Bonchev–Trinajstić information content (AvgIpc) is 3.02. The van der Waals surface area contributed by atoms with Gasteiger partial charge in [-0.1, -0.05) is 0 Å². The van der Waals surface area contributed by atoms with Gasteiger partial charge in [0.2, 0.25) is 10.0 Å². The van der Waals surface area contributed by atoms with Gasteiger partial charge in [-0.25, -0.2) is 8.42 Å². The van der Waals surface area contributed by atoms with Crippen molar-refractivity contribution in [3.05, 3.63) is 0 Å². The van der Waals surface area contributed by atoms with Crippen molar-refractivity contribution < 1.29 is 13.2 Å². The zero-order valence-corrected chi connectivity index (χ0v) is 9.79. The van der Waals surface area contributed by atoms with Crippen molar-refractivity contribution in [1.29, 1.82) is 0 Å². The number of hydrogen-bond acceptors (Lipinski definition) is 4. The summed E-state index contributed by atoms with van der Waals surface area (Å²) in [6.45, 7) is 2.23. The van der Waals surface area contributed by atoms with Crippen molar-refractivity contribution in [2.24, 2.45) is 0 Å². The van der Waals surface area contributed by atoms with Crippen LogP contribution in [0.5, 0.6) is 0 Å². The van der Waals surface area contributed by atoms with E-state index >= 15 is 0 Å². The maximum Gasteiger partial charge on any atom is 0.217 e. The van der Waals surface area contributed by atoms with Gasteiger partial charge in [0.05, 0.1) is 18.0 Å². The van der Waals surface area contributed by atoms with Crippen molar-refractivity contribution >= 4 is 10.0 Å². The van der Waals surface area contributed by atoms with Crippen LogP contribution < -0.4 is 5.32 Å². The molecule has 5 nitrogen and oxygen atoms in total. The van der Waals surface area contributed by atoms with Crippen LogP contribution in [0.25, 0.3) is 0 Å². The minimum Gasteiger partial charge on any atom is -0.374 e. The Morgan fingerprint density at radius 3 is 2.80 bits per heavy atom. The van der Waals surface area contributed by atoms with Gasteiger partial charge < -0.3 is 10.1 Å². The molecular formula is C9H18N2O3S. The highest BCUT2D eigenvalue weighted by atomic mass is 32.2. The Balaban J connectivity index is 1.97. The molecular weight excluding hydrogens is 216 g/mol. The Hall–Kier alpha value is -0.170. The van der Waals surface area contributed by atoms with Crippen LogP contribution in [0.1, 0.15) is 12.8 Å². The normalized spacial score (nSPS) is 29.3. The van der Waals surface area contributed by atoms with E-state index in [0.717, 1.165) is 12.8 Å². The number of morpholine rings is 1. The summed E-state index contributed by atoms with van der Waals surface area (Å²) in [5, 5.41) is 2.90. The number of likely N-dealkylation sites (N-methyl/N-ethyl adjacent to an activating group) is 1. The van der Waals surface area contributed by atoms with E-state index in [2.05, 4.69) is 5.32 Å². The molecule has 0 amide bonds. The third-order valence-electron chi connectivity index (χ3n) is 2.84. The second kappa shape index (κ2) is 4.37. The Labute approximate surface area is 90.8 Å². The minimum absolute atomic E-state index is 0.00252. The van der Waals surface area contributed by atoms with Crippen molar-refractivity contribution in [2.75, 3.05) is 33.3 Å². The van der Waals surface area contributed by atoms with Crippen molar-refractivity contribution in [3.63, 3.8) is 0 Å². The van der Waals surface area contributed by atoms with Gasteiger partial charge in [-0.15, -0.1) is 0 Å². The Kier molecular flexibility index (Phi) is 3.30. The third-order valence-corrected chi connectivity index (χ3v) is 5.20. The van der Waals surface area contributed by atoms with Crippen LogP contribution in [0.3, 0.4) is 0 Å². The zero-order valence-electron chi connectivity index (χ0n) is 8.98. The van der Waals surface area contributed by atoms with Crippen LogP contribution in [-0.2, 0) is 14.8 Å². The molecule has 1 saturated carbocycles. The van der Waals surface area contributed by atoms with Gasteiger partial charge in [0, 0.05) is 19.6 Å².